The molecule has 1 aliphatic rings. The predicted octanol–water partition coefficient (Wildman–Crippen LogP) is 2.74. The molecule has 1 saturated heterocycles. The summed E-state index contributed by atoms with van der Waals surface area (Å²) in [5.74, 6) is 0.477. The van der Waals surface area contributed by atoms with Crippen LogP contribution in [0.4, 0.5) is 16.2 Å². The highest BCUT2D eigenvalue weighted by Crippen LogP contribution is 2.30. The van der Waals surface area contributed by atoms with Gasteiger partial charge in [-0.1, -0.05) is 0 Å². The Labute approximate surface area is 144 Å². The van der Waals surface area contributed by atoms with E-state index in [0.717, 1.165) is 18.5 Å². The smallest absolute Gasteiger partial charge is 0.321 e. The highest BCUT2D eigenvalue weighted by atomic mass is 16.6. The lowest BCUT2D eigenvalue weighted by Gasteiger charge is -2.32. The number of urea groups is 1. The highest BCUT2D eigenvalue weighted by molar-refractivity contribution is 5.91. The van der Waals surface area contributed by atoms with Crippen LogP contribution >= 0.6 is 0 Å². The second-order valence-corrected chi connectivity index (χ2v) is 5.87. The van der Waals surface area contributed by atoms with E-state index < -0.39 is 4.92 Å². The molecular weight excluding hydrogens is 326 g/mol. The molecule has 1 atom stereocenters. The van der Waals surface area contributed by atoms with E-state index in [1.165, 1.54) is 25.3 Å². The van der Waals surface area contributed by atoms with Gasteiger partial charge in [0.2, 0.25) is 0 Å². The standard InChI is InChI=1S/C16H19N5O4/c1-25-15-9-12(21(23)24)4-5-14(15)18-16(22)20-8-2-3-11(10-20)13-6-7-17-19-13/h4-7,9,11H,2-3,8,10H2,1H3,(H,17,19)(H,18,22). The number of benzene rings is 1. The van der Waals surface area contributed by atoms with Gasteiger partial charge < -0.3 is 15.0 Å². The van der Waals surface area contributed by atoms with Crippen LogP contribution in [0.1, 0.15) is 24.5 Å². The van der Waals surface area contributed by atoms with E-state index in [4.69, 9.17) is 4.74 Å². The Morgan fingerprint density at radius 2 is 2.32 bits per heavy atom. The van der Waals surface area contributed by atoms with Crippen molar-refractivity contribution in [2.75, 3.05) is 25.5 Å². The number of H-pyrrole nitrogens is 1. The molecule has 0 radical (unpaired) electrons. The van der Waals surface area contributed by atoms with Gasteiger partial charge in [-0.05, 0) is 25.0 Å². The topological polar surface area (TPSA) is 113 Å². The van der Waals surface area contributed by atoms with Crippen LogP contribution in [0.15, 0.2) is 30.5 Å². The molecule has 25 heavy (non-hydrogen) atoms. The third-order valence-electron chi connectivity index (χ3n) is 4.31. The Bertz CT molecular complexity index is 762. The zero-order chi connectivity index (χ0) is 17.8. The Hall–Kier alpha value is -3.10. The van der Waals surface area contributed by atoms with Crippen LogP contribution in [0.3, 0.4) is 0 Å². The number of nitrogens with one attached hydrogen (secondary N) is 2. The largest absolute Gasteiger partial charge is 0.494 e. The molecule has 2 aromatic rings. The number of piperidine rings is 1. The summed E-state index contributed by atoms with van der Waals surface area (Å²) in [7, 11) is 1.41. The number of nitro groups is 1. The van der Waals surface area contributed by atoms with Crippen molar-refractivity contribution in [2.24, 2.45) is 0 Å². The van der Waals surface area contributed by atoms with Crippen LogP contribution in [0, 0.1) is 10.1 Å². The lowest BCUT2D eigenvalue weighted by atomic mass is 9.95. The van der Waals surface area contributed by atoms with E-state index in [0.29, 0.717) is 18.8 Å². The second-order valence-electron chi connectivity index (χ2n) is 5.87. The zero-order valence-electron chi connectivity index (χ0n) is 13.8. The maximum atomic E-state index is 12.6. The minimum Gasteiger partial charge on any atom is -0.494 e. The van der Waals surface area contributed by atoms with Crippen molar-refractivity contribution in [1.82, 2.24) is 15.1 Å². The van der Waals surface area contributed by atoms with E-state index in [9.17, 15) is 14.9 Å². The first-order valence-corrected chi connectivity index (χ1v) is 7.96. The number of nitrogens with zero attached hydrogens (tertiary/aromatic N) is 3. The lowest BCUT2D eigenvalue weighted by Crippen LogP contribution is -2.41. The molecule has 132 valence electrons. The monoisotopic (exact) mass is 345 g/mol. The van der Waals surface area contributed by atoms with Crippen LogP contribution < -0.4 is 10.1 Å². The first-order valence-electron chi connectivity index (χ1n) is 7.96. The van der Waals surface area contributed by atoms with Gasteiger partial charge in [0, 0.05) is 37.0 Å². The van der Waals surface area contributed by atoms with Gasteiger partial charge in [-0.15, -0.1) is 0 Å². The van der Waals surface area contributed by atoms with Crippen LogP contribution in [-0.4, -0.2) is 46.3 Å². The summed E-state index contributed by atoms with van der Waals surface area (Å²) in [5, 5.41) is 20.5. The maximum absolute atomic E-state index is 12.6. The number of carbonyl (C=O) groups excluding carboxylic acids is 1. The summed E-state index contributed by atoms with van der Waals surface area (Å²) >= 11 is 0. The fourth-order valence-corrected chi connectivity index (χ4v) is 3.00. The first-order chi connectivity index (χ1) is 12.1. The molecule has 1 aliphatic heterocycles. The molecule has 0 aliphatic carbocycles. The van der Waals surface area contributed by atoms with Gasteiger partial charge >= 0.3 is 6.03 Å². The van der Waals surface area contributed by atoms with E-state index in [1.807, 2.05) is 6.07 Å². The van der Waals surface area contributed by atoms with Gasteiger partial charge in [-0.3, -0.25) is 15.2 Å². The minimum absolute atomic E-state index is 0.0906. The molecule has 0 saturated carbocycles. The molecule has 1 fully saturated rings. The number of hydrogen-bond acceptors (Lipinski definition) is 5. The molecular formula is C16H19N5O4. The fourth-order valence-electron chi connectivity index (χ4n) is 3.00. The summed E-state index contributed by atoms with van der Waals surface area (Å²) in [5.41, 5.74) is 1.33. The van der Waals surface area contributed by atoms with E-state index in [1.54, 1.807) is 11.1 Å². The number of likely N-dealkylation sites (tertiary alicyclic amines) is 1. The van der Waals surface area contributed by atoms with Crippen LogP contribution in [0.25, 0.3) is 0 Å². The van der Waals surface area contributed by atoms with Gasteiger partial charge in [0.25, 0.3) is 5.69 Å². The summed E-state index contributed by atoms with van der Waals surface area (Å²) in [6, 6.07) is 5.77. The van der Waals surface area contributed by atoms with Gasteiger partial charge in [-0.2, -0.15) is 5.10 Å². The normalized spacial score (nSPS) is 17.2. The van der Waals surface area contributed by atoms with Crippen molar-refractivity contribution in [1.29, 1.82) is 0 Å². The number of carbonyl (C=O) groups is 1. The second kappa shape index (κ2) is 7.20. The van der Waals surface area contributed by atoms with Gasteiger partial charge in [-0.25, -0.2) is 4.79 Å². The third-order valence-corrected chi connectivity index (χ3v) is 4.31. The molecule has 9 nitrogen and oxygen atoms in total. The summed E-state index contributed by atoms with van der Waals surface area (Å²) in [6.07, 6.45) is 3.59. The number of methoxy groups -OCH3 is 1. The summed E-state index contributed by atoms with van der Waals surface area (Å²) in [4.78, 5) is 24.6. The van der Waals surface area contributed by atoms with Crippen LogP contribution in [-0.2, 0) is 0 Å². The van der Waals surface area contributed by atoms with Gasteiger partial charge in [0.05, 0.1) is 23.8 Å². The highest BCUT2D eigenvalue weighted by Gasteiger charge is 2.26. The van der Waals surface area contributed by atoms with E-state index in [-0.39, 0.29) is 23.4 Å². The predicted molar refractivity (Wildman–Crippen MR) is 90.8 cm³/mol. The fraction of sp³-hybridized carbons (Fsp3) is 0.375. The number of rotatable bonds is 4. The van der Waals surface area contributed by atoms with E-state index in [2.05, 4.69) is 15.5 Å². The Morgan fingerprint density at radius 3 is 3.00 bits per heavy atom. The Morgan fingerprint density at radius 1 is 1.48 bits per heavy atom. The summed E-state index contributed by atoms with van der Waals surface area (Å²) < 4.78 is 5.15. The van der Waals surface area contributed by atoms with Crippen LogP contribution in [0.5, 0.6) is 5.75 Å². The Balaban J connectivity index is 1.70. The molecule has 3 rings (SSSR count). The molecule has 2 heterocycles. The van der Waals surface area contributed by atoms with Crippen LogP contribution in [0.2, 0.25) is 0 Å². The van der Waals surface area contributed by atoms with E-state index >= 15 is 0 Å². The molecule has 1 unspecified atom stereocenters. The number of hydrogen-bond donors (Lipinski definition) is 2. The molecule has 9 heteroatoms. The molecule has 1 aromatic heterocycles. The van der Waals surface area contributed by atoms with Gasteiger partial charge in [0.15, 0.2) is 0 Å². The molecule has 0 spiro atoms. The molecule has 2 amide bonds. The van der Waals surface area contributed by atoms with Crippen molar-refractivity contribution in [3.05, 3.63) is 46.3 Å². The SMILES string of the molecule is COc1cc([N+](=O)[O-])ccc1NC(=O)N1CCCC(c2ccn[nH]2)C1. The minimum atomic E-state index is -0.506. The number of ether oxygens (including phenoxy) is 1. The zero-order valence-corrected chi connectivity index (χ0v) is 13.8. The first kappa shape index (κ1) is 16.7. The van der Waals surface area contributed by atoms with Gasteiger partial charge in [0.1, 0.15) is 5.75 Å². The maximum Gasteiger partial charge on any atom is 0.321 e. The number of aromatic amines is 1. The quantitative estimate of drug-likeness (QED) is 0.653. The third kappa shape index (κ3) is 3.70. The molecule has 2 N–H and O–H groups in total. The van der Waals surface area contributed by atoms with Crippen molar-refractivity contribution < 1.29 is 14.5 Å². The number of anilines is 1. The average molecular weight is 345 g/mol. The lowest BCUT2D eigenvalue weighted by molar-refractivity contribution is -0.384. The molecule has 1 aromatic carbocycles. The average Bonchev–Trinajstić information content (AvgIpc) is 3.16. The number of nitro benzene ring substituents is 1. The van der Waals surface area contributed by atoms with Crippen molar-refractivity contribution in [2.45, 2.75) is 18.8 Å². The number of aromatic nitrogens is 2. The van der Waals surface area contributed by atoms with Crippen molar-refractivity contribution in [3.63, 3.8) is 0 Å². The number of amides is 2. The molecule has 0 bridgehead atoms. The summed E-state index contributed by atoms with van der Waals surface area (Å²) in [6.45, 7) is 1.25. The number of non-ortho nitro benzene ring substituents is 1. The Kier molecular flexibility index (Phi) is 4.82. The van der Waals surface area contributed by atoms with Crippen molar-refractivity contribution >= 4 is 17.4 Å². The van der Waals surface area contributed by atoms with Crippen molar-refractivity contribution in [3.8, 4) is 5.75 Å².